The maximum absolute atomic E-state index is 14.3. The minimum Gasteiger partial charge on any atom is -0.497 e. The van der Waals surface area contributed by atoms with Gasteiger partial charge in [0.05, 0.1) is 32.5 Å². The first-order valence-corrected chi connectivity index (χ1v) is 17.5. The minimum absolute atomic E-state index is 0.260. The molecule has 0 spiro atoms. The molecule has 1 aliphatic heterocycles. The maximum Gasteiger partial charge on any atom is 0.271 e. The van der Waals surface area contributed by atoms with Crippen molar-refractivity contribution in [3.8, 4) is 11.5 Å². The monoisotopic (exact) mass is 873 g/mol. The van der Waals surface area contributed by atoms with Crippen LogP contribution in [0.2, 0.25) is 5.02 Å². The largest absolute Gasteiger partial charge is 0.497 e. The molecule has 0 fully saturated rings. The van der Waals surface area contributed by atoms with Crippen molar-refractivity contribution in [2.45, 2.75) is 19.6 Å². The fourth-order valence-electron chi connectivity index (χ4n) is 5.22. The van der Waals surface area contributed by atoms with Crippen LogP contribution in [0.15, 0.2) is 112 Å². The number of thiazole rings is 1. The Morgan fingerprint density at radius 1 is 1.04 bits per heavy atom. The molecule has 1 aromatic heterocycles. The second-order valence-corrected chi connectivity index (χ2v) is 14.3. The summed E-state index contributed by atoms with van der Waals surface area (Å²) in [5, 5.41) is 3.62. The first-order chi connectivity index (χ1) is 22.2. The number of allylic oxidation sites excluding steroid dienone is 1. The number of rotatable bonds is 8. The van der Waals surface area contributed by atoms with Crippen LogP contribution in [0.25, 0.3) is 6.08 Å². The van der Waals surface area contributed by atoms with Crippen molar-refractivity contribution in [1.29, 1.82) is 0 Å². The predicted molar refractivity (Wildman–Crippen MR) is 199 cm³/mol. The van der Waals surface area contributed by atoms with Crippen molar-refractivity contribution in [1.82, 2.24) is 4.57 Å². The average Bonchev–Trinajstić information content (AvgIpc) is 3.34. The van der Waals surface area contributed by atoms with E-state index in [0.717, 1.165) is 23.8 Å². The van der Waals surface area contributed by atoms with E-state index in [-0.39, 0.29) is 11.5 Å². The lowest BCUT2D eigenvalue weighted by Crippen LogP contribution is -2.40. The van der Waals surface area contributed by atoms with Crippen LogP contribution in [0.3, 0.4) is 0 Å². The third-order valence-corrected chi connectivity index (χ3v) is 9.95. The molecule has 6 rings (SSSR count). The van der Waals surface area contributed by atoms with Crippen LogP contribution < -0.4 is 29.7 Å². The molecule has 1 N–H and O–H groups in total. The van der Waals surface area contributed by atoms with Crippen molar-refractivity contribution in [3.05, 3.63) is 151 Å². The summed E-state index contributed by atoms with van der Waals surface area (Å²) in [5.41, 5.74) is 3.72. The molecule has 0 unspecified atom stereocenters. The highest BCUT2D eigenvalue weighted by atomic mass is 127. The Labute approximate surface area is 301 Å². The SMILES string of the molecule is COc1cccc([C@@H]2C(C(=O)Nc3ccccc3)=C(C)N=c3s/c(=C\c4cc(I)cc(I)c4OCc4cccc(Cl)c4)c(=O)n32)c1. The van der Waals surface area contributed by atoms with Crippen LogP contribution >= 0.6 is 68.1 Å². The number of aromatic nitrogens is 1. The quantitative estimate of drug-likeness (QED) is 0.166. The lowest BCUT2D eigenvalue weighted by molar-refractivity contribution is -0.113. The number of amides is 1. The number of carbonyl (C=O) groups excluding carboxylic acids is 1. The Balaban J connectivity index is 1.47. The zero-order valence-electron chi connectivity index (χ0n) is 24.6. The van der Waals surface area contributed by atoms with Gasteiger partial charge in [-0.05, 0) is 118 Å². The van der Waals surface area contributed by atoms with E-state index in [1.807, 2.05) is 97.1 Å². The number of halogens is 3. The standard InChI is InChI=1S/C35H26ClI2N3O4S/c1-20-30(33(42)40-26-11-4-3-5-12-26)31(22-9-7-13-27(16-22)44-2)41-34(43)29(46-35(41)39-20)17-23-15-25(37)18-28(38)32(23)45-19-21-8-6-10-24(36)14-21/h3-18,31H,19H2,1-2H3,(H,40,42)/b29-17-/t31-/m1/s1. The molecule has 0 radical (unpaired) electrons. The second kappa shape index (κ2) is 14.1. The summed E-state index contributed by atoms with van der Waals surface area (Å²) in [6, 6.07) is 27.4. The number of methoxy groups -OCH3 is 1. The number of hydrogen-bond acceptors (Lipinski definition) is 6. The molecule has 2 heterocycles. The summed E-state index contributed by atoms with van der Waals surface area (Å²) in [6.07, 6.45) is 1.84. The highest BCUT2D eigenvalue weighted by molar-refractivity contribution is 14.1. The van der Waals surface area contributed by atoms with Crippen molar-refractivity contribution >= 4 is 85.8 Å². The molecular formula is C35H26ClI2N3O4S. The first-order valence-electron chi connectivity index (χ1n) is 14.1. The summed E-state index contributed by atoms with van der Waals surface area (Å²) < 4.78 is 15.8. The van der Waals surface area contributed by atoms with Crippen LogP contribution in [0, 0.1) is 7.14 Å². The molecule has 5 aromatic rings. The number of carbonyl (C=O) groups is 1. The first kappa shape index (κ1) is 32.5. The zero-order chi connectivity index (χ0) is 32.4. The molecular weight excluding hydrogens is 848 g/mol. The molecule has 11 heteroatoms. The third-order valence-electron chi connectivity index (χ3n) is 7.30. The van der Waals surface area contributed by atoms with E-state index >= 15 is 0 Å². The summed E-state index contributed by atoms with van der Waals surface area (Å²) in [7, 11) is 1.59. The van der Waals surface area contributed by atoms with Gasteiger partial charge in [-0.2, -0.15) is 0 Å². The van der Waals surface area contributed by atoms with Crippen LogP contribution in [-0.2, 0) is 11.4 Å². The number of hydrogen-bond donors (Lipinski definition) is 1. The van der Waals surface area contributed by atoms with Crippen molar-refractivity contribution in [2.75, 3.05) is 12.4 Å². The smallest absolute Gasteiger partial charge is 0.271 e. The van der Waals surface area contributed by atoms with Gasteiger partial charge in [-0.25, -0.2) is 4.99 Å². The highest BCUT2D eigenvalue weighted by Crippen LogP contribution is 2.33. The molecule has 0 aliphatic carbocycles. The number of nitrogens with one attached hydrogen (secondary N) is 1. The average molecular weight is 874 g/mol. The van der Waals surface area contributed by atoms with Gasteiger partial charge in [0.25, 0.3) is 11.5 Å². The Hall–Kier alpha value is -3.46. The molecule has 0 saturated heterocycles. The van der Waals surface area contributed by atoms with Gasteiger partial charge in [-0.3, -0.25) is 14.2 Å². The van der Waals surface area contributed by atoms with Crippen LogP contribution in [0.4, 0.5) is 5.69 Å². The molecule has 0 bridgehead atoms. The van der Waals surface area contributed by atoms with E-state index in [2.05, 4.69) is 50.5 Å². The van der Waals surface area contributed by atoms with Crippen molar-refractivity contribution in [2.24, 2.45) is 4.99 Å². The Bertz CT molecular complexity index is 2180. The van der Waals surface area contributed by atoms with Gasteiger partial charge in [0.15, 0.2) is 4.80 Å². The summed E-state index contributed by atoms with van der Waals surface area (Å²) >= 11 is 12.0. The van der Waals surface area contributed by atoms with Gasteiger partial charge < -0.3 is 14.8 Å². The highest BCUT2D eigenvalue weighted by Gasteiger charge is 2.33. The van der Waals surface area contributed by atoms with Gasteiger partial charge in [0.1, 0.15) is 18.1 Å². The number of fused-ring (bicyclic) bond motifs is 1. The molecule has 0 saturated carbocycles. The lowest BCUT2D eigenvalue weighted by atomic mass is 9.95. The Morgan fingerprint density at radius 2 is 1.83 bits per heavy atom. The minimum atomic E-state index is -0.730. The number of para-hydroxylation sites is 1. The van der Waals surface area contributed by atoms with Crippen LogP contribution in [0.1, 0.15) is 29.7 Å². The van der Waals surface area contributed by atoms with Gasteiger partial charge >= 0.3 is 0 Å². The predicted octanol–water partition coefficient (Wildman–Crippen LogP) is 7.32. The van der Waals surface area contributed by atoms with E-state index in [1.165, 1.54) is 11.3 Å². The Kier molecular flexibility index (Phi) is 9.97. The van der Waals surface area contributed by atoms with Gasteiger partial charge in [-0.1, -0.05) is 65.4 Å². The van der Waals surface area contributed by atoms with E-state index in [1.54, 1.807) is 18.6 Å². The van der Waals surface area contributed by atoms with Crippen molar-refractivity contribution in [3.63, 3.8) is 0 Å². The molecule has 7 nitrogen and oxygen atoms in total. The zero-order valence-corrected chi connectivity index (χ0v) is 30.5. The topological polar surface area (TPSA) is 81.9 Å². The molecule has 46 heavy (non-hydrogen) atoms. The number of nitrogens with zero attached hydrogens (tertiary/aromatic N) is 2. The number of anilines is 1. The summed E-state index contributed by atoms with van der Waals surface area (Å²) in [6.45, 7) is 2.11. The lowest BCUT2D eigenvalue weighted by Gasteiger charge is -2.25. The van der Waals surface area contributed by atoms with Gasteiger partial charge in [-0.15, -0.1) is 0 Å². The van der Waals surface area contributed by atoms with Gasteiger partial charge in [0.2, 0.25) is 0 Å². The fraction of sp³-hybridized carbons (Fsp3) is 0.114. The molecule has 1 aliphatic rings. The fourth-order valence-corrected chi connectivity index (χ4v) is 8.52. The Morgan fingerprint density at radius 3 is 2.59 bits per heavy atom. The summed E-state index contributed by atoms with van der Waals surface area (Å²) in [5.74, 6) is 0.945. The number of benzene rings is 4. The van der Waals surface area contributed by atoms with E-state index in [0.29, 0.717) is 49.4 Å². The van der Waals surface area contributed by atoms with Crippen LogP contribution in [0.5, 0.6) is 11.5 Å². The van der Waals surface area contributed by atoms with E-state index < -0.39 is 6.04 Å². The van der Waals surface area contributed by atoms with Crippen LogP contribution in [-0.4, -0.2) is 17.6 Å². The van der Waals surface area contributed by atoms with E-state index in [9.17, 15) is 9.59 Å². The summed E-state index contributed by atoms with van der Waals surface area (Å²) in [4.78, 5) is 33.5. The van der Waals surface area contributed by atoms with Gasteiger partial charge in [0, 0.05) is 19.8 Å². The maximum atomic E-state index is 14.3. The molecule has 1 amide bonds. The number of ether oxygens (including phenoxy) is 2. The van der Waals surface area contributed by atoms with Crippen molar-refractivity contribution < 1.29 is 14.3 Å². The van der Waals surface area contributed by atoms with E-state index in [4.69, 9.17) is 26.1 Å². The molecule has 4 aromatic carbocycles. The normalized spacial score (nSPS) is 14.5. The third kappa shape index (κ3) is 6.94. The molecule has 232 valence electrons. The second-order valence-electron chi connectivity index (χ2n) is 10.4. The molecule has 1 atom stereocenters.